The molecule has 1 aromatic rings. The van der Waals surface area contributed by atoms with Crippen LogP contribution in [0, 0.1) is 5.92 Å². The van der Waals surface area contributed by atoms with Crippen LogP contribution in [0.1, 0.15) is 36.6 Å². The molecule has 2 N–H and O–H groups in total. The van der Waals surface area contributed by atoms with Gasteiger partial charge in [-0.05, 0) is 25.7 Å². The van der Waals surface area contributed by atoms with Crippen molar-refractivity contribution >= 4 is 28.2 Å². The summed E-state index contributed by atoms with van der Waals surface area (Å²) in [7, 11) is 1.60. The van der Waals surface area contributed by atoms with Gasteiger partial charge in [-0.3, -0.25) is 9.59 Å². The van der Waals surface area contributed by atoms with E-state index >= 15 is 0 Å². The van der Waals surface area contributed by atoms with E-state index in [1.165, 1.54) is 11.3 Å². The minimum atomic E-state index is -0.158. The standard InChI is InChI=1S/C13H16N2O3S.H2/c1-14-11(17)9-8-3-2-6-18-13(8)19-12(9)15-10(16)7-4-5-7;/h7H,2-6H2,1H3,(H,14,17)(H,15,16);1H. The smallest absolute Gasteiger partial charge is 0.254 e. The van der Waals surface area contributed by atoms with E-state index in [0.717, 1.165) is 36.3 Å². The summed E-state index contributed by atoms with van der Waals surface area (Å²) >= 11 is 1.36. The average molecular weight is 282 g/mol. The van der Waals surface area contributed by atoms with Crippen molar-refractivity contribution in [2.24, 2.45) is 5.92 Å². The van der Waals surface area contributed by atoms with Gasteiger partial charge in [0.25, 0.3) is 5.91 Å². The molecule has 6 heteroatoms. The molecule has 0 unspecified atom stereocenters. The van der Waals surface area contributed by atoms with Gasteiger partial charge < -0.3 is 15.4 Å². The van der Waals surface area contributed by atoms with Crippen LogP contribution in [0.2, 0.25) is 0 Å². The number of carbonyl (C=O) groups is 2. The Hall–Kier alpha value is -1.56. The number of nitrogens with one attached hydrogen (secondary N) is 2. The predicted octanol–water partition coefficient (Wildman–Crippen LogP) is 2.03. The van der Waals surface area contributed by atoms with Crippen molar-refractivity contribution in [2.75, 3.05) is 19.0 Å². The molecule has 0 aromatic carbocycles. The van der Waals surface area contributed by atoms with Gasteiger partial charge in [-0.25, -0.2) is 0 Å². The fourth-order valence-electron chi connectivity index (χ4n) is 2.21. The molecule has 1 fully saturated rings. The predicted molar refractivity (Wildman–Crippen MR) is 75.0 cm³/mol. The first-order valence-corrected chi connectivity index (χ1v) is 7.33. The SMILES string of the molecule is CNC(=O)c1c(NC(=O)C2CC2)sc2c1CCCO2.[HH]. The van der Waals surface area contributed by atoms with Gasteiger partial charge in [0.1, 0.15) is 5.00 Å². The van der Waals surface area contributed by atoms with Gasteiger partial charge in [-0.15, -0.1) is 0 Å². The number of fused-ring (bicyclic) bond motifs is 1. The number of anilines is 1. The lowest BCUT2D eigenvalue weighted by atomic mass is 10.1. The van der Waals surface area contributed by atoms with E-state index < -0.39 is 0 Å². The first-order valence-electron chi connectivity index (χ1n) is 6.52. The van der Waals surface area contributed by atoms with Gasteiger partial charge in [0.2, 0.25) is 5.91 Å². The van der Waals surface area contributed by atoms with Crippen LogP contribution < -0.4 is 15.4 Å². The van der Waals surface area contributed by atoms with Crippen LogP contribution in [0.3, 0.4) is 0 Å². The zero-order valence-corrected chi connectivity index (χ0v) is 11.6. The van der Waals surface area contributed by atoms with Crippen LogP contribution in [0.25, 0.3) is 0 Å². The maximum absolute atomic E-state index is 12.0. The molecular weight excluding hydrogens is 264 g/mol. The fourth-order valence-corrected chi connectivity index (χ4v) is 3.34. The molecule has 0 bridgehead atoms. The van der Waals surface area contributed by atoms with Crippen LogP contribution in [0.4, 0.5) is 5.00 Å². The molecule has 19 heavy (non-hydrogen) atoms. The topological polar surface area (TPSA) is 67.4 Å². The van der Waals surface area contributed by atoms with Crippen LogP contribution in [-0.4, -0.2) is 25.5 Å². The van der Waals surface area contributed by atoms with Gasteiger partial charge >= 0.3 is 0 Å². The summed E-state index contributed by atoms with van der Waals surface area (Å²) in [6, 6.07) is 0. The molecule has 0 spiro atoms. The minimum Gasteiger partial charge on any atom is -0.484 e. The Kier molecular flexibility index (Phi) is 3.18. The van der Waals surface area contributed by atoms with Crippen LogP contribution in [-0.2, 0) is 11.2 Å². The molecule has 2 aliphatic rings. The molecule has 1 aliphatic carbocycles. The normalized spacial score (nSPS) is 17.3. The van der Waals surface area contributed by atoms with Gasteiger partial charge in [0, 0.05) is 20.0 Å². The molecule has 5 nitrogen and oxygen atoms in total. The molecule has 2 heterocycles. The fraction of sp³-hybridized carbons (Fsp3) is 0.538. The summed E-state index contributed by atoms with van der Waals surface area (Å²) in [4.78, 5) is 23.9. The van der Waals surface area contributed by atoms with Gasteiger partial charge in [-0.1, -0.05) is 11.3 Å². The zero-order valence-electron chi connectivity index (χ0n) is 10.7. The van der Waals surface area contributed by atoms with Crippen LogP contribution >= 0.6 is 11.3 Å². The number of hydrogen-bond acceptors (Lipinski definition) is 4. The highest BCUT2D eigenvalue weighted by Gasteiger charge is 2.32. The lowest BCUT2D eigenvalue weighted by Gasteiger charge is -2.13. The molecule has 1 saturated carbocycles. The molecule has 2 amide bonds. The van der Waals surface area contributed by atoms with Crippen molar-refractivity contribution in [3.8, 4) is 5.06 Å². The summed E-state index contributed by atoms with van der Waals surface area (Å²) < 4.78 is 5.58. The number of amides is 2. The second kappa shape index (κ2) is 4.85. The number of rotatable bonds is 3. The Balaban J connectivity index is 0.00000147. The molecule has 0 atom stereocenters. The van der Waals surface area contributed by atoms with E-state index in [4.69, 9.17) is 4.74 Å². The minimum absolute atomic E-state index is 0. The van der Waals surface area contributed by atoms with Crippen molar-refractivity contribution in [3.63, 3.8) is 0 Å². The van der Waals surface area contributed by atoms with Crippen molar-refractivity contribution in [1.29, 1.82) is 0 Å². The third kappa shape index (κ3) is 2.32. The molecule has 1 aliphatic heterocycles. The Labute approximate surface area is 116 Å². The second-order valence-electron chi connectivity index (χ2n) is 4.87. The number of ether oxygens (including phenoxy) is 1. The Morgan fingerprint density at radius 2 is 2.21 bits per heavy atom. The van der Waals surface area contributed by atoms with Gasteiger partial charge in [0.15, 0.2) is 5.06 Å². The maximum atomic E-state index is 12.0. The highest BCUT2D eigenvalue weighted by molar-refractivity contribution is 7.18. The zero-order chi connectivity index (χ0) is 13.4. The van der Waals surface area contributed by atoms with E-state index in [0.29, 0.717) is 17.2 Å². The largest absolute Gasteiger partial charge is 0.484 e. The van der Waals surface area contributed by atoms with E-state index in [2.05, 4.69) is 10.6 Å². The number of carbonyl (C=O) groups excluding carboxylic acids is 2. The molecule has 1 aromatic heterocycles. The van der Waals surface area contributed by atoms with Crippen LogP contribution in [0.15, 0.2) is 0 Å². The highest BCUT2D eigenvalue weighted by Crippen LogP contribution is 2.43. The summed E-state index contributed by atoms with van der Waals surface area (Å²) in [5.41, 5.74) is 1.51. The van der Waals surface area contributed by atoms with Gasteiger partial charge in [-0.2, -0.15) is 0 Å². The van der Waals surface area contributed by atoms with E-state index in [1.54, 1.807) is 7.05 Å². The monoisotopic (exact) mass is 282 g/mol. The summed E-state index contributed by atoms with van der Waals surface area (Å²) in [6.07, 6.45) is 3.63. The maximum Gasteiger partial charge on any atom is 0.254 e. The average Bonchev–Trinajstić information content (AvgIpc) is 3.20. The number of thiophene rings is 1. The molecule has 0 radical (unpaired) electrons. The van der Waals surface area contributed by atoms with E-state index in [1.807, 2.05) is 0 Å². The first-order chi connectivity index (χ1) is 9.20. The Morgan fingerprint density at radius 3 is 2.89 bits per heavy atom. The van der Waals surface area contributed by atoms with Crippen molar-refractivity contribution < 1.29 is 15.8 Å². The first kappa shape index (κ1) is 12.5. The lowest BCUT2D eigenvalue weighted by molar-refractivity contribution is -0.117. The third-order valence-corrected chi connectivity index (χ3v) is 4.47. The molecule has 104 valence electrons. The van der Waals surface area contributed by atoms with Crippen molar-refractivity contribution in [1.82, 2.24) is 5.32 Å². The second-order valence-corrected chi connectivity index (χ2v) is 5.85. The molecule has 0 saturated heterocycles. The Bertz CT molecular complexity index is 540. The molecular formula is C13H18N2O3S. The quantitative estimate of drug-likeness (QED) is 0.891. The number of hydrogen-bond donors (Lipinski definition) is 2. The van der Waals surface area contributed by atoms with E-state index in [9.17, 15) is 9.59 Å². The van der Waals surface area contributed by atoms with Crippen molar-refractivity contribution in [3.05, 3.63) is 11.1 Å². The van der Waals surface area contributed by atoms with Crippen molar-refractivity contribution in [2.45, 2.75) is 25.7 Å². The van der Waals surface area contributed by atoms with E-state index in [-0.39, 0.29) is 19.2 Å². The van der Waals surface area contributed by atoms with Gasteiger partial charge in [0.05, 0.1) is 12.2 Å². The highest BCUT2D eigenvalue weighted by atomic mass is 32.1. The summed E-state index contributed by atoms with van der Waals surface area (Å²) in [6.45, 7) is 0.677. The summed E-state index contributed by atoms with van der Waals surface area (Å²) in [5, 5.41) is 6.92. The third-order valence-electron chi connectivity index (χ3n) is 3.41. The molecule has 3 rings (SSSR count). The lowest BCUT2D eigenvalue weighted by Crippen LogP contribution is -2.22. The summed E-state index contributed by atoms with van der Waals surface area (Å²) in [5.74, 6) is -0.0181. The van der Waals surface area contributed by atoms with Crippen LogP contribution in [0.5, 0.6) is 5.06 Å². The Morgan fingerprint density at radius 1 is 1.42 bits per heavy atom.